The zero-order valence-corrected chi connectivity index (χ0v) is 13.4. The Hall–Kier alpha value is -2.85. The number of fused-ring (bicyclic) bond motifs is 1. The van der Waals surface area contributed by atoms with Crippen LogP contribution < -0.4 is 0 Å². The average molecular weight is 343 g/mol. The number of sulfonamides is 1. The van der Waals surface area contributed by atoms with E-state index in [2.05, 4.69) is 6.04 Å². The van der Waals surface area contributed by atoms with Crippen molar-refractivity contribution in [2.75, 3.05) is 0 Å². The molecule has 1 aliphatic carbocycles. The van der Waals surface area contributed by atoms with Crippen LogP contribution in [0, 0.1) is 22.6 Å². The molecule has 0 aromatic heterocycles. The van der Waals surface area contributed by atoms with E-state index in [0.29, 0.717) is 16.3 Å². The number of nitro groups is 1. The highest BCUT2D eigenvalue weighted by molar-refractivity contribution is 7.89. The van der Waals surface area contributed by atoms with Crippen molar-refractivity contribution < 1.29 is 14.7 Å². The number of aryl methyl sites for hydroxylation is 1. The van der Waals surface area contributed by atoms with Gasteiger partial charge in [-0.25, -0.2) is 12.7 Å². The van der Waals surface area contributed by atoms with Crippen molar-refractivity contribution in [2.45, 2.75) is 23.8 Å². The van der Waals surface area contributed by atoms with Crippen molar-refractivity contribution in [3.63, 3.8) is 0 Å². The maximum Gasteiger partial charge on any atom is 0.271 e. The van der Waals surface area contributed by atoms with Crippen molar-refractivity contribution >= 4 is 15.7 Å². The van der Waals surface area contributed by atoms with Gasteiger partial charge in [0.15, 0.2) is 0 Å². The molecule has 0 N–H and O–H groups in total. The van der Waals surface area contributed by atoms with Gasteiger partial charge in [-0.3, -0.25) is 10.1 Å². The van der Waals surface area contributed by atoms with Crippen molar-refractivity contribution in [3.8, 4) is 12.5 Å². The lowest BCUT2D eigenvalue weighted by Crippen LogP contribution is -2.29. The van der Waals surface area contributed by atoms with E-state index in [9.17, 15) is 18.5 Å². The standard InChI is InChI=1S/C17H14N2O4S/c1-2-18(17-12-7-13-5-3-4-6-16(13)17)24(22,23)15-10-8-14(9-11-15)19(20)21/h1,3-6,8-11,17H,7,12H2/i17D. The molecule has 1 atom stereocenters. The minimum atomic E-state index is -4.19. The molecule has 0 radical (unpaired) electrons. The predicted molar refractivity (Wildman–Crippen MR) is 88.5 cm³/mol. The van der Waals surface area contributed by atoms with Crippen molar-refractivity contribution in [3.05, 3.63) is 69.8 Å². The number of nitro benzene ring substituents is 1. The summed E-state index contributed by atoms with van der Waals surface area (Å²) < 4.78 is 35.3. The van der Waals surface area contributed by atoms with Crippen LogP contribution in [0.5, 0.6) is 0 Å². The van der Waals surface area contributed by atoms with Crippen molar-refractivity contribution in [1.82, 2.24) is 4.31 Å². The highest BCUT2D eigenvalue weighted by atomic mass is 32.2. The van der Waals surface area contributed by atoms with E-state index in [-0.39, 0.29) is 17.0 Å². The lowest BCUT2D eigenvalue weighted by Gasteiger charge is -2.25. The van der Waals surface area contributed by atoms with Gasteiger partial charge in [0, 0.05) is 18.2 Å². The molecule has 1 aliphatic rings. The zero-order valence-electron chi connectivity index (χ0n) is 13.5. The predicted octanol–water partition coefficient (Wildman–Crippen LogP) is 2.86. The fourth-order valence-corrected chi connectivity index (χ4v) is 4.07. The number of terminal acetylenes is 1. The van der Waals surface area contributed by atoms with Gasteiger partial charge in [-0.15, -0.1) is 0 Å². The second-order valence-corrected chi connectivity index (χ2v) is 7.04. The first kappa shape index (κ1) is 14.7. The normalized spacial score (nSPS) is 19.9. The summed E-state index contributed by atoms with van der Waals surface area (Å²) in [4.78, 5) is 9.93. The van der Waals surface area contributed by atoms with Crippen molar-refractivity contribution in [1.29, 1.82) is 0 Å². The maximum absolute atomic E-state index is 12.9. The minimum absolute atomic E-state index is 0.188. The van der Waals surface area contributed by atoms with Crippen LogP contribution in [0.1, 0.15) is 24.9 Å². The minimum Gasteiger partial charge on any atom is -0.258 e. The van der Waals surface area contributed by atoms with Gasteiger partial charge in [0.05, 0.1) is 17.2 Å². The monoisotopic (exact) mass is 343 g/mol. The van der Waals surface area contributed by atoms with Gasteiger partial charge in [-0.1, -0.05) is 30.7 Å². The van der Waals surface area contributed by atoms with Gasteiger partial charge in [0.1, 0.15) is 0 Å². The molecule has 0 heterocycles. The lowest BCUT2D eigenvalue weighted by molar-refractivity contribution is -0.384. The summed E-state index contributed by atoms with van der Waals surface area (Å²) in [5.74, 6) is 0. The van der Waals surface area contributed by atoms with Gasteiger partial charge in [0.2, 0.25) is 0 Å². The van der Waals surface area contributed by atoms with Crippen LogP contribution in [0.2, 0.25) is 0 Å². The molecule has 1 unspecified atom stereocenters. The molecule has 0 saturated heterocycles. The van der Waals surface area contributed by atoms with Gasteiger partial charge < -0.3 is 0 Å². The molecule has 24 heavy (non-hydrogen) atoms. The summed E-state index contributed by atoms with van der Waals surface area (Å²) in [7, 11) is -4.19. The number of benzene rings is 2. The summed E-state index contributed by atoms with van der Waals surface area (Å²) in [6, 6.07) is 12.1. The van der Waals surface area contributed by atoms with Crippen LogP contribution >= 0.6 is 0 Å². The summed E-state index contributed by atoms with van der Waals surface area (Å²) in [5.41, 5.74) is 1.22. The Labute approximate surface area is 141 Å². The van der Waals surface area contributed by atoms with Crippen LogP contribution in [0.25, 0.3) is 0 Å². The fourth-order valence-electron chi connectivity index (χ4n) is 2.76. The Morgan fingerprint density at radius 3 is 2.54 bits per heavy atom. The van der Waals surface area contributed by atoms with E-state index in [1.165, 1.54) is 0 Å². The van der Waals surface area contributed by atoms with E-state index in [1.54, 1.807) is 12.1 Å². The zero-order chi connectivity index (χ0) is 18.2. The molecule has 0 bridgehead atoms. The SMILES string of the molecule is [2H]C1(N(C#C)S(=O)(=O)c2ccc([N+](=O)[O-])cc2)CCc2ccccc21. The Bertz CT molecular complexity index is 982. The van der Waals surface area contributed by atoms with E-state index in [0.717, 1.165) is 29.8 Å². The van der Waals surface area contributed by atoms with E-state index >= 15 is 0 Å². The summed E-state index contributed by atoms with van der Waals surface area (Å²) in [5, 5.41) is 10.7. The van der Waals surface area contributed by atoms with Crippen LogP contribution in [0.3, 0.4) is 0 Å². The van der Waals surface area contributed by atoms with Crippen LogP contribution in [0.4, 0.5) is 5.69 Å². The van der Waals surface area contributed by atoms with Gasteiger partial charge in [0.25, 0.3) is 15.7 Å². The Balaban J connectivity index is 2.06. The van der Waals surface area contributed by atoms with Gasteiger partial charge >= 0.3 is 0 Å². The highest BCUT2D eigenvalue weighted by Crippen LogP contribution is 2.38. The molecule has 0 fully saturated rings. The topological polar surface area (TPSA) is 80.5 Å². The van der Waals surface area contributed by atoms with Crippen LogP contribution in [0.15, 0.2) is 53.4 Å². The second kappa shape index (κ2) is 5.98. The third kappa shape index (κ3) is 2.61. The second-order valence-electron chi connectivity index (χ2n) is 5.25. The summed E-state index contributed by atoms with van der Waals surface area (Å²) in [6.45, 7) is 0. The van der Waals surface area contributed by atoms with Crippen LogP contribution in [-0.4, -0.2) is 17.6 Å². The number of non-ortho nitro benzene ring substituents is 1. The largest absolute Gasteiger partial charge is 0.271 e. The molecule has 2 aromatic rings. The summed E-state index contributed by atoms with van der Waals surface area (Å²) >= 11 is 0. The molecule has 0 spiro atoms. The third-order valence-electron chi connectivity index (χ3n) is 3.91. The molecule has 0 amide bonds. The number of nitrogens with zero attached hydrogens (tertiary/aromatic N) is 2. The molecule has 7 heteroatoms. The molecule has 2 aromatic carbocycles. The number of hydrogen-bond acceptors (Lipinski definition) is 4. The Morgan fingerprint density at radius 2 is 1.92 bits per heavy atom. The average Bonchev–Trinajstić information content (AvgIpc) is 2.93. The van der Waals surface area contributed by atoms with Gasteiger partial charge in [-0.2, -0.15) is 0 Å². The first-order valence-electron chi connectivity index (χ1n) is 7.65. The molecular formula is C17H14N2O4S. The Morgan fingerprint density at radius 1 is 1.25 bits per heavy atom. The number of rotatable bonds is 4. The number of hydrogen-bond donors (Lipinski definition) is 0. The molecule has 122 valence electrons. The molecule has 0 saturated carbocycles. The molecule has 3 rings (SSSR count). The maximum atomic E-state index is 12.9. The van der Waals surface area contributed by atoms with Crippen molar-refractivity contribution in [2.24, 2.45) is 0 Å². The van der Waals surface area contributed by atoms with E-state index < -0.39 is 21.0 Å². The smallest absolute Gasteiger partial charge is 0.258 e. The lowest BCUT2D eigenvalue weighted by atomic mass is 10.1. The van der Waals surface area contributed by atoms with E-state index in [1.807, 2.05) is 12.1 Å². The van der Waals surface area contributed by atoms with Crippen LogP contribution in [-0.2, 0) is 16.4 Å². The highest BCUT2D eigenvalue weighted by Gasteiger charge is 2.34. The first-order valence-corrected chi connectivity index (χ1v) is 8.59. The first-order chi connectivity index (χ1) is 11.8. The molecule has 0 aliphatic heterocycles. The molecular weight excluding hydrogens is 328 g/mol. The Kier molecular flexibility index (Phi) is 3.67. The van der Waals surface area contributed by atoms with Gasteiger partial charge in [-0.05, 0) is 36.1 Å². The molecule has 6 nitrogen and oxygen atoms in total. The summed E-state index contributed by atoms with van der Waals surface area (Å²) in [6.07, 6.45) is 6.25. The fraction of sp³-hybridized carbons (Fsp3) is 0.176. The van der Waals surface area contributed by atoms with E-state index in [4.69, 9.17) is 7.79 Å². The quantitative estimate of drug-likeness (QED) is 0.370. The third-order valence-corrected chi connectivity index (χ3v) is 5.58.